The number of H-pyrrole nitrogens is 1. The van der Waals surface area contributed by atoms with Gasteiger partial charge in [0, 0.05) is 32.5 Å². The number of hydrogen-bond donors (Lipinski definition) is 1. The van der Waals surface area contributed by atoms with Crippen molar-refractivity contribution < 1.29 is 0 Å². The van der Waals surface area contributed by atoms with Crippen molar-refractivity contribution >= 4 is 28.7 Å². The predicted molar refractivity (Wildman–Crippen MR) is 94.2 cm³/mol. The van der Waals surface area contributed by atoms with Crippen LogP contribution in [-0.2, 0) is 7.05 Å². The first-order valence-electron chi connectivity index (χ1n) is 8.13. The second kappa shape index (κ2) is 5.77. The molecule has 126 valence electrons. The summed E-state index contributed by atoms with van der Waals surface area (Å²) in [7, 11) is 1.96. The Hall–Kier alpha value is -2.09. The quantitative estimate of drug-likeness (QED) is 0.788. The van der Waals surface area contributed by atoms with Gasteiger partial charge >= 0.3 is 0 Å². The number of aromatic amines is 1. The molecular weight excluding hydrogens is 322 g/mol. The van der Waals surface area contributed by atoms with E-state index in [9.17, 15) is 0 Å². The van der Waals surface area contributed by atoms with Crippen molar-refractivity contribution in [1.29, 1.82) is 0 Å². The van der Waals surface area contributed by atoms with Gasteiger partial charge in [-0.3, -0.25) is 5.10 Å². The van der Waals surface area contributed by atoms with Gasteiger partial charge in [-0.1, -0.05) is 13.8 Å². The van der Waals surface area contributed by atoms with Crippen molar-refractivity contribution in [2.24, 2.45) is 12.5 Å². The largest absolute Gasteiger partial charge is 0.355 e. The van der Waals surface area contributed by atoms with Gasteiger partial charge < -0.3 is 9.47 Å². The number of aromatic nitrogens is 6. The van der Waals surface area contributed by atoms with Crippen molar-refractivity contribution in [2.75, 3.05) is 18.0 Å². The SMILES string of the molecule is Cn1ccnc1Sc1n[nH]c2nc(N3CCC(C)(C)CC3)cnc12. The van der Waals surface area contributed by atoms with Crippen LogP contribution in [0, 0.1) is 5.41 Å². The number of fused-ring (bicyclic) bond motifs is 1. The topological polar surface area (TPSA) is 75.5 Å². The number of aryl methyl sites for hydroxylation is 1. The minimum atomic E-state index is 0.424. The Morgan fingerprint density at radius 3 is 2.71 bits per heavy atom. The summed E-state index contributed by atoms with van der Waals surface area (Å²) in [6.45, 7) is 6.71. The van der Waals surface area contributed by atoms with Crippen LogP contribution in [0.1, 0.15) is 26.7 Å². The van der Waals surface area contributed by atoms with Crippen LogP contribution in [0.3, 0.4) is 0 Å². The van der Waals surface area contributed by atoms with Crippen molar-refractivity contribution in [1.82, 2.24) is 29.7 Å². The molecule has 8 heteroatoms. The van der Waals surface area contributed by atoms with Crippen LogP contribution in [0.4, 0.5) is 5.82 Å². The number of imidazole rings is 1. The van der Waals surface area contributed by atoms with Crippen LogP contribution < -0.4 is 4.90 Å². The van der Waals surface area contributed by atoms with Crippen LogP contribution >= 0.6 is 11.8 Å². The van der Waals surface area contributed by atoms with Gasteiger partial charge in [0.2, 0.25) is 0 Å². The fraction of sp³-hybridized carbons (Fsp3) is 0.500. The van der Waals surface area contributed by atoms with E-state index in [4.69, 9.17) is 4.98 Å². The van der Waals surface area contributed by atoms with Crippen molar-refractivity contribution in [3.63, 3.8) is 0 Å². The van der Waals surface area contributed by atoms with Gasteiger partial charge in [-0.25, -0.2) is 15.0 Å². The van der Waals surface area contributed by atoms with Crippen LogP contribution in [0.2, 0.25) is 0 Å². The van der Waals surface area contributed by atoms with Crippen LogP contribution in [0.25, 0.3) is 11.2 Å². The van der Waals surface area contributed by atoms with Gasteiger partial charge in [0.05, 0.1) is 6.20 Å². The Morgan fingerprint density at radius 1 is 1.21 bits per heavy atom. The molecule has 0 unspecified atom stereocenters. The Balaban J connectivity index is 1.58. The predicted octanol–water partition coefficient (Wildman–Crippen LogP) is 2.86. The lowest BCUT2D eigenvalue weighted by molar-refractivity contribution is 0.279. The molecule has 0 saturated carbocycles. The Labute approximate surface area is 144 Å². The minimum absolute atomic E-state index is 0.424. The molecule has 0 spiro atoms. The number of anilines is 1. The minimum Gasteiger partial charge on any atom is -0.355 e. The summed E-state index contributed by atoms with van der Waals surface area (Å²) in [5, 5.41) is 9.06. The second-order valence-electron chi connectivity index (χ2n) is 7.03. The Kier molecular flexibility index (Phi) is 3.71. The maximum atomic E-state index is 4.72. The second-order valence-corrected chi connectivity index (χ2v) is 7.98. The first-order chi connectivity index (χ1) is 11.5. The van der Waals surface area contributed by atoms with Crippen molar-refractivity contribution in [3.8, 4) is 0 Å². The summed E-state index contributed by atoms with van der Waals surface area (Å²) in [6, 6.07) is 0. The molecule has 0 aromatic carbocycles. The van der Waals surface area contributed by atoms with Crippen molar-refractivity contribution in [3.05, 3.63) is 18.6 Å². The first kappa shape index (κ1) is 15.4. The maximum absolute atomic E-state index is 4.72. The molecule has 1 saturated heterocycles. The molecule has 0 atom stereocenters. The normalized spacial score (nSPS) is 17.5. The molecule has 1 fully saturated rings. The molecule has 24 heavy (non-hydrogen) atoms. The van der Waals surface area contributed by atoms with Gasteiger partial charge in [0.15, 0.2) is 15.8 Å². The third-order valence-corrected chi connectivity index (χ3v) is 5.69. The van der Waals surface area contributed by atoms with E-state index in [1.165, 1.54) is 24.6 Å². The van der Waals surface area contributed by atoms with Crippen LogP contribution in [-0.4, -0.2) is 42.8 Å². The van der Waals surface area contributed by atoms with Gasteiger partial charge in [0.1, 0.15) is 11.3 Å². The summed E-state index contributed by atoms with van der Waals surface area (Å²) in [5.74, 6) is 0.926. The lowest BCUT2D eigenvalue weighted by Crippen LogP contribution is -2.37. The van der Waals surface area contributed by atoms with Gasteiger partial charge in [-0.05, 0) is 30.0 Å². The van der Waals surface area contributed by atoms with E-state index in [0.717, 1.165) is 40.3 Å². The zero-order valence-electron chi connectivity index (χ0n) is 14.2. The van der Waals surface area contributed by atoms with Gasteiger partial charge in [-0.2, -0.15) is 5.10 Å². The lowest BCUT2D eigenvalue weighted by atomic mass is 9.83. The fourth-order valence-electron chi connectivity index (χ4n) is 2.87. The summed E-state index contributed by atoms with van der Waals surface area (Å²) in [6.07, 6.45) is 7.90. The average Bonchev–Trinajstić information content (AvgIpc) is 3.14. The molecule has 0 aliphatic carbocycles. The molecule has 1 N–H and O–H groups in total. The molecule has 3 aromatic rings. The maximum Gasteiger partial charge on any atom is 0.177 e. The van der Waals surface area contributed by atoms with Crippen molar-refractivity contribution in [2.45, 2.75) is 36.9 Å². The molecule has 4 rings (SSSR count). The number of piperidine rings is 1. The number of nitrogens with one attached hydrogen (secondary N) is 1. The third-order valence-electron chi connectivity index (χ3n) is 4.63. The molecule has 0 amide bonds. The Bertz CT molecular complexity index is 856. The molecule has 3 aromatic heterocycles. The van der Waals surface area contributed by atoms with E-state index < -0.39 is 0 Å². The summed E-state index contributed by atoms with van der Waals surface area (Å²) >= 11 is 1.49. The molecule has 0 radical (unpaired) electrons. The highest BCUT2D eigenvalue weighted by molar-refractivity contribution is 7.99. The zero-order valence-corrected chi connectivity index (χ0v) is 15.0. The molecule has 1 aliphatic rings. The van der Waals surface area contributed by atoms with E-state index in [-0.39, 0.29) is 0 Å². The monoisotopic (exact) mass is 343 g/mol. The fourth-order valence-corrected chi connectivity index (χ4v) is 3.70. The summed E-state index contributed by atoms with van der Waals surface area (Å²) < 4.78 is 1.96. The summed E-state index contributed by atoms with van der Waals surface area (Å²) in [5.41, 5.74) is 1.95. The highest BCUT2D eigenvalue weighted by Gasteiger charge is 2.26. The van der Waals surface area contributed by atoms with Gasteiger partial charge in [0.25, 0.3) is 0 Å². The first-order valence-corrected chi connectivity index (χ1v) is 8.95. The van der Waals surface area contributed by atoms with E-state index in [1.54, 1.807) is 6.20 Å². The third kappa shape index (κ3) is 2.86. The van der Waals surface area contributed by atoms with E-state index in [2.05, 4.69) is 38.9 Å². The molecule has 1 aliphatic heterocycles. The molecular formula is C16H21N7S. The zero-order chi connectivity index (χ0) is 16.7. The number of hydrogen-bond acceptors (Lipinski definition) is 6. The smallest absolute Gasteiger partial charge is 0.177 e. The van der Waals surface area contributed by atoms with E-state index in [1.807, 2.05) is 24.0 Å². The molecule has 0 bridgehead atoms. The van der Waals surface area contributed by atoms with E-state index >= 15 is 0 Å². The van der Waals surface area contributed by atoms with Crippen LogP contribution in [0.5, 0.6) is 0 Å². The standard InChI is InChI=1S/C16H21N7S/c1-16(2)4-7-23(8-5-16)11-10-18-12-13(19-11)20-21-14(12)24-15-17-6-9-22(15)3/h6,9-10H,4-5,7-8H2,1-3H3,(H,19,20,21). The molecule has 7 nitrogen and oxygen atoms in total. The summed E-state index contributed by atoms with van der Waals surface area (Å²) in [4.78, 5) is 16.0. The highest BCUT2D eigenvalue weighted by atomic mass is 32.2. The highest BCUT2D eigenvalue weighted by Crippen LogP contribution is 2.33. The molecule has 4 heterocycles. The van der Waals surface area contributed by atoms with E-state index in [0.29, 0.717) is 5.41 Å². The average molecular weight is 343 g/mol. The lowest BCUT2D eigenvalue weighted by Gasteiger charge is -2.37. The number of rotatable bonds is 3. The van der Waals surface area contributed by atoms with Crippen LogP contribution in [0.15, 0.2) is 28.8 Å². The number of nitrogens with zero attached hydrogens (tertiary/aromatic N) is 6. The Morgan fingerprint density at radius 2 is 2.00 bits per heavy atom. The van der Waals surface area contributed by atoms with Gasteiger partial charge in [-0.15, -0.1) is 0 Å².